The van der Waals surface area contributed by atoms with Gasteiger partial charge in [-0.1, -0.05) is 0 Å². The van der Waals surface area contributed by atoms with Crippen LogP contribution in [0, 0.1) is 0 Å². The molecule has 1 atom stereocenters. The summed E-state index contributed by atoms with van der Waals surface area (Å²) < 4.78 is 10.4. The maximum absolute atomic E-state index is 11.8. The van der Waals surface area contributed by atoms with Gasteiger partial charge in [0, 0.05) is 18.7 Å². The van der Waals surface area contributed by atoms with Gasteiger partial charge in [-0.3, -0.25) is 0 Å². The van der Waals surface area contributed by atoms with Crippen LogP contribution in [0.3, 0.4) is 0 Å². The third-order valence-electron chi connectivity index (χ3n) is 3.85. The van der Waals surface area contributed by atoms with Crippen LogP contribution in [0.5, 0.6) is 0 Å². The number of carbonyl (C=O) groups is 1. The zero-order valence-electron chi connectivity index (χ0n) is 11.6. The van der Waals surface area contributed by atoms with Gasteiger partial charge in [-0.2, -0.15) is 0 Å². The zero-order chi connectivity index (χ0) is 14.1. The molecular weight excluding hydrogens is 276 g/mol. The molecule has 3 N–H and O–H groups in total. The second-order valence-electron chi connectivity index (χ2n) is 5.37. The van der Waals surface area contributed by atoms with Gasteiger partial charge in [0.25, 0.3) is 0 Å². The lowest BCUT2D eigenvalue weighted by Gasteiger charge is -2.12. The average Bonchev–Trinajstić information content (AvgIpc) is 3.03. The fraction of sp³-hybridized carbons (Fsp3) is 0.643. The van der Waals surface area contributed by atoms with Gasteiger partial charge in [-0.15, -0.1) is 11.3 Å². The summed E-state index contributed by atoms with van der Waals surface area (Å²) in [5, 5.41) is 4.44. The van der Waals surface area contributed by atoms with Gasteiger partial charge in [-0.25, -0.2) is 4.79 Å². The van der Waals surface area contributed by atoms with E-state index in [4.69, 9.17) is 15.2 Å². The van der Waals surface area contributed by atoms with Crippen LogP contribution in [0.15, 0.2) is 0 Å². The van der Waals surface area contributed by atoms with E-state index in [0.29, 0.717) is 16.5 Å². The van der Waals surface area contributed by atoms with Gasteiger partial charge in [0.1, 0.15) is 4.88 Å². The van der Waals surface area contributed by atoms with E-state index in [1.54, 1.807) is 0 Å². The van der Waals surface area contributed by atoms with E-state index in [0.717, 1.165) is 49.4 Å². The van der Waals surface area contributed by atoms with E-state index in [1.807, 2.05) is 0 Å². The number of hydrogen-bond acceptors (Lipinski definition) is 6. The number of nitrogens with one attached hydrogen (secondary N) is 1. The lowest BCUT2D eigenvalue weighted by atomic mass is 10.1. The van der Waals surface area contributed by atoms with E-state index in [1.165, 1.54) is 18.4 Å². The van der Waals surface area contributed by atoms with Crippen molar-refractivity contribution in [2.45, 2.75) is 37.7 Å². The predicted molar refractivity (Wildman–Crippen MR) is 79.5 cm³/mol. The van der Waals surface area contributed by atoms with E-state index in [9.17, 15) is 4.79 Å². The van der Waals surface area contributed by atoms with E-state index in [-0.39, 0.29) is 12.1 Å². The van der Waals surface area contributed by atoms with Crippen LogP contribution in [0.1, 0.15) is 46.8 Å². The number of hydrogen-bond donors (Lipinski definition) is 2. The number of anilines is 2. The molecular formula is C14H20N2O3S. The molecule has 0 amide bonds. The fourth-order valence-electron chi connectivity index (χ4n) is 2.62. The summed E-state index contributed by atoms with van der Waals surface area (Å²) in [5.41, 5.74) is 7.85. The molecule has 3 rings (SSSR count). The molecule has 1 aromatic heterocycles. The molecule has 1 aliphatic carbocycles. The van der Waals surface area contributed by atoms with Crippen LogP contribution in [0.4, 0.5) is 10.7 Å². The normalized spacial score (nSPS) is 21.9. The molecule has 0 bridgehead atoms. The highest BCUT2D eigenvalue weighted by Gasteiger charge is 2.33. The van der Waals surface area contributed by atoms with Gasteiger partial charge in [0.05, 0.1) is 23.9 Å². The van der Waals surface area contributed by atoms with Crippen molar-refractivity contribution in [3.63, 3.8) is 0 Å². The first-order chi connectivity index (χ1) is 9.70. The quantitative estimate of drug-likeness (QED) is 0.817. The molecule has 1 aliphatic heterocycles. The van der Waals surface area contributed by atoms with Crippen LogP contribution in [0.2, 0.25) is 0 Å². The van der Waals surface area contributed by atoms with Crippen molar-refractivity contribution in [2.24, 2.45) is 0 Å². The third kappa shape index (κ3) is 2.62. The lowest BCUT2D eigenvalue weighted by Crippen LogP contribution is -2.18. The highest BCUT2D eigenvalue weighted by atomic mass is 32.1. The minimum absolute atomic E-state index is 0.270. The monoisotopic (exact) mass is 296 g/mol. The van der Waals surface area contributed by atoms with Crippen LogP contribution >= 0.6 is 11.3 Å². The Morgan fingerprint density at radius 1 is 1.50 bits per heavy atom. The van der Waals surface area contributed by atoms with Gasteiger partial charge in [0.2, 0.25) is 0 Å². The topological polar surface area (TPSA) is 73.6 Å². The number of esters is 1. The molecule has 2 fully saturated rings. The Hall–Kier alpha value is -1.27. The SMILES string of the molecule is COC(=O)c1sc(NCC2CCCO2)c(C2CC2)c1N. The van der Waals surface area contributed by atoms with Gasteiger partial charge >= 0.3 is 5.97 Å². The molecule has 1 saturated heterocycles. The summed E-state index contributed by atoms with van der Waals surface area (Å²) in [7, 11) is 1.39. The average molecular weight is 296 g/mol. The number of thiophene rings is 1. The molecule has 0 aromatic carbocycles. The molecule has 1 aromatic rings. The highest BCUT2D eigenvalue weighted by molar-refractivity contribution is 7.18. The maximum Gasteiger partial charge on any atom is 0.350 e. The second kappa shape index (κ2) is 5.61. The predicted octanol–water partition coefficient (Wildman–Crippen LogP) is 2.59. The number of ether oxygens (including phenoxy) is 2. The smallest absolute Gasteiger partial charge is 0.350 e. The third-order valence-corrected chi connectivity index (χ3v) is 5.01. The van der Waals surface area contributed by atoms with Crippen molar-refractivity contribution >= 4 is 28.0 Å². The first kappa shape index (κ1) is 13.7. The molecule has 5 nitrogen and oxygen atoms in total. The van der Waals surface area contributed by atoms with E-state index < -0.39 is 0 Å². The van der Waals surface area contributed by atoms with Crippen molar-refractivity contribution < 1.29 is 14.3 Å². The zero-order valence-corrected chi connectivity index (χ0v) is 12.4. The molecule has 0 radical (unpaired) electrons. The summed E-state index contributed by atoms with van der Waals surface area (Å²) in [5.74, 6) is 0.149. The minimum Gasteiger partial charge on any atom is -0.465 e. The van der Waals surface area contributed by atoms with Crippen molar-refractivity contribution in [1.29, 1.82) is 0 Å². The Bertz CT molecular complexity index is 505. The molecule has 2 heterocycles. The number of nitrogen functional groups attached to an aromatic ring is 1. The number of methoxy groups -OCH3 is 1. The Labute approximate surface area is 122 Å². The Morgan fingerprint density at radius 3 is 2.90 bits per heavy atom. The lowest BCUT2D eigenvalue weighted by molar-refractivity contribution is 0.0607. The highest BCUT2D eigenvalue weighted by Crippen LogP contribution is 2.50. The van der Waals surface area contributed by atoms with Gasteiger partial charge in [0.15, 0.2) is 0 Å². The minimum atomic E-state index is -0.348. The summed E-state index contributed by atoms with van der Waals surface area (Å²) in [4.78, 5) is 12.3. The summed E-state index contributed by atoms with van der Waals surface area (Å²) in [6.07, 6.45) is 4.79. The summed E-state index contributed by atoms with van der Waals surface area (Å²) in [6.45, 7) is 1.63. The standard InChI is InChI=1S/C14H20N2O3S/c1-18-14(17)12-11(15)10(8-4-5-8)13(20-12)16-7-9-3-2-6-19-9/h8-9,16H,2-7,15H2,1H3. The Balaban J connectivity index is 1.79. The van der Waals surface area contributed by atoms with Crippen LogP contribution in [-0.2, 0) is 9.47 Å². The number of rotatable bonds is 5. The molecule has 2 aliphatic rings. The molecule has 110 valence electrons. The second-order valence-corrected chi connectivity index (χ2v) is 6.39. The fourth-order valence-corrected chi connectivity index (χ4v) is 3.75. The molecule has 20 heavy (non-hydrogen) atoms. The molecule has 6 heteroatoms. The molecule has 0 spiro atoms. The maximum atomic E-state index is 11.8. The van der Waals surface area contributed by atoms with Crippen LogP contribution < -0.4 is 11.1 Å². The van der Waals surface area contributed by atoms with Crippen molar-refractivity contribution in [2.75, 3.05) is 31.3 Å². The largest absolute Gasteiger partial charge is 0.465 e. The first-order valence-corrected chi connectivity index (χ1v) is 7.88. The van der Waals surface area contributed by atoms with Crippen molar-refractivity contribution in [3.05, 3.63) is 10.4 Å². The Kier molecular flexibility index (Phi) is 3.85. The number of nitrogens with two attached hydrogens (primary N) is 1. The molecule has 1 unspecified atom stereocenters. The van der Waals surface area contributed by atoms with Crippen molar-refractivity contribution in [3.8, 4) is 0 Å². The van der Waals surface area contributed by atoms with Crippen molar-refractivity contribution in [1.82, 2.24) is 0 Å². The van der Waals surface area contributed by atoms with Gasteiger partial charge < -0.3 is 20.5 Å². The van der Waals surface area contributed by atoms with Crippen LogP contribution in [0.25, 0.3) is 0 Å². The number of carbonyl (C=O) groups excluding carboxylic acids is 1. The van der Waals surface area contributed by atoms with Crippen LogP contribution in [-0.4, -0.2) is 32.3 Å². The van der Waals surface area contributed by atoms with E-state index >= 15 is 0 Å². The molecule has 1 saturated carbocycles. The van der Waals surface area contributed by atoms with E-state index in [2.05, 4.69) is 5.32 Å². The summed E-state index contributed by atoms with van der Waals surface area (Å²) >= 11 is 1.40. The van der Waals surface area contributed by atoms with Gasteiger partial charge in [-0.05, 0) is 31.6 Å². The Morgan fingerprint density at radius 2 is 2.30 bits per heavy atom. The summed E-state index contributed by atoms with van der Waals surface area (Å²) in [6, 6.07) is 0. The first-order valence-electron chi connectivity index (χ1n) is 7.06.